The average molecular weight is 576 g/mol. The molecule has 0 radical (unpaired) electrons. The molecule has 3 aromatic rings. The molecule has 0 spiro atoms. The van der Waals surface area contributed by atoms with Crippen molar-refractivity contribution in [3.05, 3.63) is 94.8 Å². The quantitative estimate of drug-likeness (QED) is 0.206. The first-order valence-electron chi connectivity index (χ1n) is 14.8. The molecule has 0 aliphatic carbocycles. The number of carboxylic acid groups (broad SMARTS) is 1. The highest BCUT2D eigenvalue weighted by atomic mass is 19.1. The van der Waals surface area contributed by atoms with Gasteiger partial charge in [-0.3, -0.25) is 4.79 Å². The molecule has 1 saturated heterocycles. The number of benzene rings is 3. The first kappa shape index (κ1) is 31.2. The molecule has 1 fully saturated rings. The zero-order valence-corrected chi connectivity index (χ0v) is 24.7. The van der Waals surface area contributed by atoms with Gasteiger partial charge in [0, 0.05) is 43.2 Å². The van der Waals surface area contributed by atoms with Gasteiger partial charge in [0.25, 0.3) is 5.91 Å². The number of aliphatic hydroxyl groups is 1. The maximum absolute atomic E-state index is 15.7. The minimum atomic E-state index is -1.50. The van der Waals surface area contributed by atoms with Gasteiger partial charge in [0.1, 0.15) is 5.82 Å². The van der Waals surface area contributed by atoms with E-state index in [0.29, 0.717) is 61.2 Å². The molecule has 2 unspecified atom stereocenters. The number of amides is 2. The highest BCUT2D eigenvalue weighted by Gasteiger charge is 2.43. The second-order valence-electron chi connectivity index (χ2n) is 11.5. The van der Waals surface area contributed by atoms with Gasteiger partial charge in [-0.1, -0.05) is 62.4 Å². The summed E-state index contributed by atoms with van der Waals surface area (Å²) in [6, 6.07) is 20.0. The second kappa shape index (κ2) is 13.9. The minimum Gasteiger partial charge on any atom is -0.465 e. The van der Waals surface area contributed by atoms with Crippen LogP contribution in [0.25, 0.3) is 11.1 Å². The first-order valence-corrected chi connectivity index (χ1v) is 14.8. The molecule has 2 amide bonds. The van der Waals surface area contributed by atoms with Crippen LogP contribution in [0.15, 0.2) is 66.7 Å². The van der Waals surface area contributed by atoms with Crippen molar-refractivity contribution < 1.29 is 24.2 Å². The lowest BCUT2D eigenvalue weighted by atomic mass is 9.72. The van der Waals surface area contributed by atoms with E-state index < -0.39 is 17.5 Å². The number of hydrogen-bond acceptors (Lipinski definition) is 4. The lowest BCUT2D eigenvalue weighted by molar-refractivity contribution is -0.0564. The van der Waals surface area contributed by atoms with E-state index in [0.717, 1.165) is 11.1 Å². The monoisotopic (exact) mass is 575 g/mol. The predicted molar refractivity (Wildman–Crippen MR) is 163 cm³/mol. The molecule has 0 aromatic heterocycles. The van der Waals surface area contributed by atoms with E-state index in [1.807, 2.05) is 55.6 Å². The Bertz CT molecular complexity index is 1380. The van der Waals surface area contributed by atoms with Crippen molar-refractivity contribution >= 4 is 12.0 Å². The topological polar surface area (TPSA) is 102 Å². The van der Waals surface area contributed by atoms with E-state index in [1.54, 1.807) is 17.0 Å². The molecule has 7 nitrogen and oxygen atoms in total. The first-order chi connectivity index (χ1) is 20.1. The molecule has 0 bridgehead atoms. The van der Waals surface area contributed by atoms with Crippen molar-refractivity contribution in [3.8, 4) is 11.1 Å². The summed E-state index contributed by atoms with van der Waals surface area (Å²) in [5.74, 6) is -0.667. The highest BCUT2D eigenvalue weighted by molar-refractivity contribution is 5.94. The molecule has 1 aliphatic rings. The maximum atomic E-state index is 15.7. The van der Waals surface area contributed by atoms with Crippen LogP contribution < -0.4 is 10.6 Å². The lowest BCUT2D eigenvalue weighted by Crippen LogP contribution is -2.48. The summed E-state index contributed by atoms with van der Waals surface area (Å²) in [7, 11) is 1.87. The van der Waals surface area contributed by atoms with Gasteiger partial charge >= 0.3 is 6.09 Å². The number of hydrogen-bond donors (Lipinski definition) is 4. The molecule has 4 N–H and O–H groups in total. The smallest absolute Gasteiger partial charge is 0.404 e. The van der Waals surface area contributed by atoms with Crippen molar-refractivity contribution in [1.82, 2.24) is 15.5 Å². The van der Waals surface area contributed by atoms with Crippen LogP contribution in [0.1, 0.15) is 72.5 Å². The number of carbonyl (C=O) groups excluding carboxylic acids is 1. The summed E-state index contributed by atoms with van der Waals surface area (Å²) in [4.78, 5) is 26.4. The summed E-state index contributed by atoms with van der Waals surface area (Å²) in [5.41, 5.74) is 2.72. The third-order valence-corrected chi connectivity index (χ3v) is 8.30. The Hall–Kier alpha value is -3.75. The Balaban J connectivity index is 1.71. The van der Waals surface area contributed by atoms with Crippen molar-refractivity contribution in [3.63, 3.8) is 0 Å². The number of rotatable bonds is 11. The van der Waals surface area contributed by atoms with E-state index in [9.17, 15) is 14.7 Å². The average Bonchev–Trinajstić information content (AvgIpc) is 2.99. The van der Waals surface area contributed by atoms with E-state index in [1.165, 1.54) is 6.07 Å². The third-order valence-electron chi connectivity index (χ3n) is 8.30. The standard InChI is InChI=1S/C34H42FN3O4/c1-23(2)26-8-4-9-27(20-26)31-29(11-5-12-30(31)35)34(42,17-7-18-37-33(40)41)28-10-6-19-38(22-28)32(39)25-15-13-24(14-16-25)21-36-3/h4-5,8-9,11-16,20,23,28,36-37,42H,6-7,10,17-19,21-22H2,1-3H3,(H,40,41). The van der Waals surface area contributed by atoms with Gasteiger partial charge in [0.15, 0.2) is 0 Å². The van der Waals surface area contributed by atoms with Crippen LogP contribution in [0.4, 0.5) is 9.18 Å². The summed E-state index contributed by atoms with van der Waals surface area (Å²) >= 11 is 0. The fourth-order valence-corrected chi connectivity index (χ4v) is 6.05. The molecule has 3 aromatic carbocycles. The van der Waals surface area contributed by atoms with Gasteiger partial charge in [0.2, 0.25) is 0 Å². The van der Waals surface area contributed by atoms with Crippen molar-refractivity contribution in [1.29, 1.82) is 0 Å². The van der Waals surface area contributed by atoms with Crippen LogP contribution in [0.5, 0.6) is 0 Å². The zero-order chi connectivity index (χ0) is 30.3. The van der Waals surface area contributed by atoms with Crippen molar-refractivity contribution in [2.24, 2.45) is 5.92 Å². The Morgan fingerprint density at radius 1 is 1.10 bits per heavy atom. The van der Waals surface area contributed by atoms with Crippen LogP contribution in [-0.4, -0.2) is 53.8 Å². The molecule has 1 aliphatic heterocycles. The van der Waals surface area contributed by atoms with E-state index in [4.69, 9.17) is 5.11 Å². The van der Waals surface area contributed by atoms with Crippen molar-refractivity contribution in [2.75, 3.05) is 26.7 Å². The van der Waals surface area contributed by atoms with Gasteiger partial charge in [0.05, 0.1) is 5.60 Å². The second-order valence-corrected chi connectivity index (χ2v) is 11.5. The molecule has 0 saturated carbocycles. The van der Waals surface area contributed by atoms with Crippen LogP contribution in [0.2, 0.25) is 0 Å². The van der Waals surface area contributed by atoms with Gasteiger partial charge in [-0.2, -0.15) is 0 Å². The normalized spacial score (nSPS) is 16.7. The zero-order valence-electron chi connectivity index (χ0n) is 24.7. The van der Waals surface area contributed by atoms with Crippen molar-refractivity contribution in [2.45, 2.75) is 57.6 Å². The summed E-state index contributed by atoms with van der Waals surface area (Å²) in [6.45, 7) is 5.89. The van der Waals surface area contributed by atoms with E-state index in [-0.39, 0.29) is 30.7 Å². The van der Waals surface area contributed by atoms with E-state index in [2.05, 4.69) is 24.5 Å². The molecule has 42 heavy (non-hydrogen) atoms. The number of halogens is 1. The fraction of sp³-hybridized carbons (Fsp3) is 0.412. The van der Waals surface area contributed by atoms with E-state index >= 15 is 4.39 Å². The predicted octanol–water partition coefficient (Wildman–Crippen LogP) is 6.12. The number of nitrogens with zero attached hydrogens (tertiary/aromatic N) is 1. The number of nitrogens with one attached hydrogen (secondary N) is 2. The Morgan fingerprint density at radius 2 is 1.83 bits per heavy atom. The van der Waals surface area contributed by atoms with Gasteiger partial charge in [-0.05, 0) is 79.1 Å². The largest absolute Gasteiger partial charge is 0.465 e. The van der Waals surface area contributed by atoms with Crippen LogP contribution in [-0.2, 0) is 12.1 Å². The van der Waals surface area contributed by atoms with Gasteiger partial charge in [-0.25, -0.2) is 9.18 Å². The molecular formula is C34H42FN3O4. The molecule has 224 valence electrons. The Morgan fingerprint density at radius 3 is 2.52 bits per heavy atom. The number of piperidine rings is 1. The van der Waals surface area contributed by atoms with Crippen LogP contribution in [0, 0.1) is 11.7 Å². The van der Waals surface area contributed by atoms with Gasteiger partial charge in [-0.15, -0.1) is 0 Å². The molecule has 8 heteroatoms. The Kier molecular flexibility index (Phi) is 10.4. The molecule has 2 atom stereocenters. The SMILES string of the molecule is CNCc1ccc(C(=O)N2CCCC(C(O)(CCCNC(=O)O)c3cccc(F)c3-c3cccc(C(C)C)c3)C2)cc1. The molecule has 1 heterocycles. The number of carbonyl (C=O) groups is 2. The summed E-state index contributed by atoms with van der Waals surface area (Å²) in [6.07, 6.45) is 0.763. The Labute approximate surface area is 247 Å². The minimum absolute atomic E-state index is 0.102. The lowest BCUT2D eigenvalue weighted by Gasteiger charge is -2.43. The third kappa shape index (κ3) is 7.17. The van der Waals surface area contributed by atoms with Gasteiger partial charge < -0.3 is 25.7 Å². The number of likely N-dealkylation sites (tertiary alicyclic amines) is 1. The summed E-state index contributed by atoms with van der Waals surface area (Å²) < 4.78 is 15.7. The van der Waals surface area contributed by atoms with Crippen LogP contribution in [0.3, 0.4) is 0 Å². The maximum Gasteiger partial charge on any atom is 0.404 e. The fourth-order valence-electron chi connectivity index (χ4n) is 6.05. The summed E-state index contributed by atoms with van der Waals surface area (Å²) in [5, 5.41) is 27.2. The van der Waals surface area contributed by atoms with Crippen LogP contribution >= 0.6 is 0 Å². The molecule has 4 rings (SSSR count). The highest BCUT2D eigenvalue weighted by Crippen LogP contribution is 2.44. The molecular weight excluding hydrogens is 533 g/mol.